The molecule has 1 aromatic heterocycles. The first-order chi connectivity index (χ1) is 5.79. The van der Waals surface area contributed by atoms with Gasteiger partial charge in [-0.15, -0.1) is 0 Å². The van der Waals surface area contributed by atoms with E-state index in [1.165, 1.54) is 0 Å². The summed E-state index contributed by atoms with van der Waals surface area (Å²) in [7, 11) is 0. The van der Waals surface area contributed by atoms with Crippen molar-refractivity contribution in [3.63, 3.8) is 0 Å². The van der Waals surface area contributed by atoms with E-state index in [9.17, 15) is 0 Å². The van der Waals surface area contributed by atoms with Crippen molar-refractivity contribution in [2.45, 2.75) is 20.0 Å². The monoisotopic (exact) mass is 161 g/mol. The van der Waals surface area contributed by atoms with Crippen LogP contribution in [-0.4, -0.2) is 4.57 Å². The number of hydrogen-bond acceptors (Lipinski definition) is 2. The molecule has 1 rings (SSSR count). The third-order valence-electron chi connectivity index (χ3n) is 1.74. The lowest BCUT2D eigenvalue weighted by Gasteiger charge is -1.91. The third kappa shape index (κ3) is 1.43. The zero-order chi connectivity index (χ0) is 8.97. The second-order valence-corrected chi connectivity index (χ2v) is 2.42. The second kappa shape index (κ2) is 3.54. The molecule has 1 heterocycles. The van der Waals surface area contributed by atoms with E-state index in [0.29, 0.717) is 13.1 Å². The fourth-order valence-corrected chi connectivity index (χ4v) is 1.03. The summed E-state index contributed by atoms with van der Waals surface area (Å²) >= 11 is 0. The standard InChI is InChI=1S/C8H9N4/c1-8-11(4-2-9)6-7-12(8)5-3-10/h6-7H,4-5H2,1H3/q+1. The van der Waals surface area contributed by atoms with E-state index in [4.69, 9.17) is 10.5 Å². The van der Waals surface area contributed by atoms with Gasteiger partial charge in [0.15, 0.2) is 13.1 Å². The molecule has 0 radical (unpaired) electrons. The molecule has 1 aromatic rings. The second-order valence-electron chi connectivity index (χ2n) is 2.42. The third-order valence-corrected chi connectivity index (χ3v) is 1.74. The van der Waals surface area contributed by atoms with E-state index in [1.807, 2.05) is 19.1 Å². The van der Waals surface area contributed by atoms with Crippen LogP contribution in [-0.2, 0) is 13.1 Å². The highest BCUT2D eigenvalue weighted by Gasteiger charge is 2.09. The van der Waals surface area contributed by atoms with Gasteiger partial charge in [-0.25, -0.2) is 9.13 Å². The van der Waals surface area contributed by atoms with Crippen molar-refractivity contribution >= 4 is 0 Å². The molecule has 0 fully saturated rings. The summed E-state index contributed by atoms with van der Waals surface area (Å²) in [6, 6.07) is 4.09. The van der Waals surface area contributed by atoms with E-state index in [1.54, 1.807) is 21.5 Å². The summed E-state index contributed by atoms with van der Waals surface area (Å²) < 4.78 is 3.61. The molecule has 0 atom stereocenters. The summed E-state index contributed by atoms with van der Waals surface area (Å²) in [6.45, 7) is 2.56. The fraction of sp³-hybridized carbons (Fsp3) is 0.375. The first-order valence-electron chi connectivity index (χ1n) is 3.58. The van der Waals surface area contributed by atoms with Crippen LogP contribution in [0.5, 0.6) is 0 Å². The van der Waals surface area contributed by atoms with Crippen molar-refractivity contribution in [1.29, 1.82) is 10.5 Å². The van der Waals surface area contributed by atoms with E-state index in [2.05, 4.69) is 0 Å². The molecule has 0 saturated carbocycles. The number of imidazole rings is 1. The van der Waals surface area contributed by atoms with Crippen LogP contribution in [0.25, 0.3) is 0 Å². The molecule has 0 bridgehead atoms. The highest BCUT2D eigenvalue weighted by Crippen LogP contribution is 1.91. The zero-order valence-electron chi connectivity index (χ0n) is 6.86. The van der Waals surface area contributed by atoms with Crippen LogP contribution in [0.2, 0.25) is 0 Å². The number of rotatable bonds is 2. The summed E-state index contributed by atoms with van der Waals surface area (Å²) in [6.07, 6.45) is 3.60. The number of nitriles is 2. The van der Waals surface area contributed by atoms with Crippen molar-refractivity contribution in [3.05, 3.63) is 18.2 Å². The Morgan fingerprint density at radius 3 is 2.83 bits per heavy atom. The minimum atomic E-state index is 0.338. The average Bonchev–Trinajstić information content (AvgIpc) is 2.38. The molecule has 0 aliphatic rings. The number of aromatic nitrogens is 2. The predicted molar refractivity (Wildman–Crippen MR) is 40.6 cm³/mol. The minimum Gasteiger partial charge on any atom is -0.221 e. The number of hydrogen-bond donors (Lipinski definition) is 0. The lowest BCUT2D eigenvalue weighted by atomic mass is 10.6. The van der Waals surface area contributed by atoms with Gasteiger partial charge in [0.2, 0.25) is 0 Å². The maximum atomic E-state index is 8.44. The zero-order valence-corrected chi connectivity index (χ0v) is 6.86. The SMILES string of the molecule is Cc1n(CC#N)cc[n+]1CC#N. The van der Waals surface area contributed by atoms with Crippen LogP contribution in [0.3, 0.4) is 0 Å². The molecule has 0 N–H and O–H groups in total. The predicted octanol–water partition coefficient (Wildman–Crippen LogP) is 0.131. The van der Waals surface area contributed by atoms with Gasteiger partial charge in [-0.1, -0.05) is 0 Å². The Morgan fingerprint density at radius 1 is 1.50 bits per heavy atom. The lowest BCUT2D eigenvalue weighted by molar-refractivity contribution is -0.690. The van der Waals surface area contributed by atoms with Crippen LogP contribution in [0.15, 0.2) is 12.4 Å². The Balaban J connectivity index is 2.92. The van der Waals surface area contributed by atoms with Crippen molar-refractivity contribution in [3.8, 4) is 12.1 Å². The van der Waals surface area contributed by atoms with Gasteiger partial charge in [0, 0.05) is 6.92 Å². The fourth-order valence-electron chi connectivity index (χ4n) is 1.03. The van der Waals surface area contributed by atoms with Crippen molar-refractivity contribution in [2.24, 2.45) is 0 Å². The summed E-state index contributed by atoms with van der Waals surface area (Å²) in [4.78, 5) is 0. The van der Waals surface area contributed by atoms with Gasteiger partial charge in [-0.05, 0) is 0 Å². The van der Waals surface area contributed by atoms with Gasteiger partial charge < -0.3 is 0 Å². The van der Waals surface area contributed by atoms with Gasteiger partial charge in [0.05, 0.1) is 0 Å². The van der Waals surface area contributed by atoms with Crippen LogP contribution in [0.1, 0.15) is 5.82 Å². The van der Waals surface area contributed by atoms with Crippen LogP contribution in [0, 0.1) is 29.6 Å². The molecule has 60 valence electrons. The molecular formula is C8H9N4+. The van der Waals surface area contributed by atoms with E-state index in [0.717, 1.165) is 5.82 Å². The maximum Gasteiger partial charge on any atom is 0.254 e. The van der Waals surface area contributed by atoms with E-state index >= 15 is 0 Å². The molecule has 0 aliphatic heterocycles. The molecule has 0 aliphatic carbocycles. The molecule has 4 heteroatoms. The molecule has 0 aromatic carbocycles. The highest BCUT2D eigenvalue weighted by molar-refractivity contribution is 4.85. The smallest absolute Gasteiger partial charge is 0.221 e. The Bertz CT molecular complexity index is 317. The highest BCUT2D eigenvalue weighted by atomic mass is 15.1. The van der Waals surface area contributed by atoms with E-state index < -0.39 is 0 Å². The maximum absolute atomic E-state index is 8.44. The number of nitrogens with zero attached hydrogens (tertiary/aromatic N) is 4. The Morgan fingerprint density at radius 2 is 2.25 bits per heavy atom. The van der Waals surface area contributed by atoms with Gasteiger partial charge >= 0.3 is 0 Å². The molecule has 12 heavy (non-hydrogen) atoms. The van der Waals surface area contributed by atoms with Crippen LogP contribution in [0.4, 0.5) is 0 Å². The topological polar surface area (TPSA) is 56.4 Å². The molecular weight excluding hydrogens is 152 g/mol. The van der Waals surface area contributed by atoms with Crippen molar-refractivity contribution in [1.82, 2.24) is 4.57 Å². The van der Waals surface area contributed by atoms with Crippen LogP contribution >= 0.6 is 0 Å². The quantitative estimate of drug-likeness (QED) is 0.579. The van der Waals surface area contributed by atoms with Crippen LogP contribution < -0.4 is 4.57 Å². The first-order valence-corrected chi connectivity index (χ1v) is 3.58. The first kappa shape index (κ1) is 8.29. The van der Waals surface area contributed by atoms with Gasteiger partial charge in [-0.3, -0.25) is 0 Å². The Kier molecular flexibility index (Phi) is 2.45. The summed E-state index contributed by atoms with van der Waals surface area (Å²) in [5.41, 5.74) is 0. The minimum absolute atomic E-state index is 0.338. The molecule has 0 amide bonds. The molecule has 0 saturated heterocycles. The summed E-state index contributed by atoms with van der Waals surface area (Å²) in [5.74, 6) is 0.929. The average molecular weight is 161 g/mol. The lowest BCUT2D eigenvalue weighted by Crippen LogP contribution is -2.34. The molecule has 4 nitrogen and oxygen atoms in total. The molecule has 0 spiro atoms. The Hall–Kier alpha value is -1.81. The van der Waals surface area contributed by atoms with Gasteiger partial charge in [-0.2, -0.15) is 10.5 Å². The Labute approximate surface area is 70.9 Å². The largest absolute Gasteiger partial charge is 0.254 e. The van der Waals surface area contributed by atoms with E-state index in [-0.39, 0.29) is 0 Å². The van der Waals surface area contributed by atoms with Crippen molar-refractivity contribution in [2.75, 3.05) is 0 Å². The summed E-state index contributed by atoms with van der Waals surface area (Å²) in [5, 5.41) is 16.9. The molecule has 0 unspecified atom stereocenters. The van der Waals surface area contributed by atoms with Gasteiger partial charge in [0.1, 0.15) is 24.5 Å². The normalized spacial score (nSPS) is 8.92. The van der Waals surface area contributed by atoms with Crippen molar-refractivity contribution < 1.29 is 4.57 Å². The van der Waals surface area contributed by atoms with Gasteiger partial charge in [0.25, 0.3) is 5.82 Å².